The van der Waals surface area contributed by atoms with Crippen LogP contribution in [0.2, 0.25) is 0 Å². The Hall–Kier alpha value is -2.18. The van der Waals surface area contributed by atoms with E-state index in [1.807, 2.05) is 23.1 Å². The third kappa shape index (κ3) is 10.8. The number of allylic oxidation sites excluding steroid dienone is 5. The van der Waals surface area contributed by atoms with Crippen LogP contribution in [0.1, 0.15) is 111 Å². The van der Waals surface area contributed by atoms with E-state index in [9.17, 15) is 9.59 Å². The molecule has 0 spiro atoms. The normalized spacial score (nSPS) is 34.6. The largest absolute Gasteiger partial charge is 0.457 e. The zero-order valence-electron chi connectivity index (χ0n) is 26.4. The number of hydrogen-bond acceptors (Lipinski definition) is 5. The lowest BCUT2D eigenvalue weighted by Crippen LogP contribution is -2.37. The lowest BCUT2D eigenvalue weighted by molar-refractivity contribution is -0.154. The molecule has 4 bridgehead atoms. The van der Waals surface area contributed by atoms with Crippen LogP contribution in [0.25, 0.3) is 0 Å². The number of hydrogen-bond donors (Lipinski definition) is 0. The van der Waals surface area contributed by atoms with Crippen molar-refractivity contribution in [3.63, 3.8) is 0 Å². The molecular formula is C36H55NO5. The Kier molecular flexibility index (Phi) is 13.4. The van der Waals surface area contributed by atoms with E-state index in [0.717, 1.165) is 77.3 Å². The monoisotopic (exact) mass is 581 g/mol. The second kappa shape index (κ2) is 17.2. The molecule has 1 amide bonds. The number of rotatable bonds is 6. The number of fused-ring (bicyclic) bond motifs is 4. The molecule has 4 rings (SSSR count). The van der Waals surface area contributed by atoms with Crippen LogP contribution >= 0.6 is 0 Å². The van der Waals surface area contributed by atoms with Crippen LogP contribution in [-0.2, 0) is 23.8 Å². The molecule has 3 saturated heterocycles. The number of carbonyl (C=O) groups excluding carboxylic acids is 2. The minimum absolute atomic E-state index is 0.0438. The smallest absolute Gasteiger partial charge is 0.309 e. The van der Waals surface area contributed by atoms with E-state index >= 15 is 0 Å². The molecule has 0 saturated carbocycles. The van der Waals surface area contributed by atoms with Gasteiger partial charge in [0.2, 0.25) is 5.91 Å². The summed E-state index contributed by atoms with van der Waals surface area (Å²) in [5.74, 6) is 0.514. The van der Waals surface area contributed by atoms with Crippen molar-refractivity contribution in [3.8, 4) is 0 Å². The van der Waals surface area contributed by atoms with Crippen molar-refractivity contribution in [1.82, 2.24) is 4.90 Å². The first-order chi connectivity index (χ1) is 20.4. The van der Waals surface area contributed by atoms with Crippen molar-refractivity contribution in [3.05, 3.63) is 48.1 Å². The van der Waals surface area contributed by atoms with Gasteiger partial charge >= 0.3 is 5.97 Å². The summed E-state index contributed by atoms with van der Waals surface area (Å²) < 4.78 is 19.1. The average Bonchev–Trinajstić information content (AvgIpc) is 2.98. The quantitative estimate of drug-likeness (QED) is 0.140. The van der Waals surface area contributed by atoms with Crippen LogP contribution < -0.4 is 0 Å². The summed E-state index contributed by atoms with van der Waals surface area (Å²) in [4.78, 5) is 27.6. The second-order valence-corrected chi connectivity index (χ2v) is 13.0. The zero-order valence-corrected chi connectivity index (χ0v) is 26.4. The van der Waals surface area contributed by atoms with Gasteiger partial charge in [0, 0.05) is 31.8 Å². The predicted molar refractivity (Wildman–Crippen MR) is 168 cm³/mol. The van der Waals surface area contributed by atoms with Crippen LogP contribution in [0.15, 0.2) is 48.1 Å². The fourth-order valence-electron chi connectivity index (χ4n) is 6.85. The lowest BCUT2D eigenvalue weighted by Gasteiger charge is -2.37. The first kappa shape index (κ1) is 32.7. The van der Waals surface area contributed by atoms with Crippen molar-refractivity contribution in [2.45, 2.75) is 141 Å². The number of unbranched alkanes of at least 4 members (excludes halogenated alkanes) is 1. The highest BCUT2D eigenvalue weighted by Crippen LogP contribution is 2.33. The number of carbonyl (C=O) groups is 2. The van der Waals surface area contributed by atoms with Gasteiger partial charge in [0.15, 0.2) is 0 Å². The fourth-order valence-corrected chi connectivity index (χ4v) is 6.85. The van der Waals surface area contributed by atoms with E-state index in [0.29, 0.717) is 18.4 Å². The maximum absolute atomic E-state index is 13.2. The molecule has 3 fully saturated rings. The minimum atomic E-state index is -0.352. The average molecular weight is 582 g/mol. The predicted octanol–water partition coefficient (Wildman–Crippen LogP) is 7.64. The molecule has 7 unspecified atom stereocenters. The van der Waals surface area contributed by atoms with E-state index in [2.05, 4.69) is 45.1 Å². The molecule has 7 atom stereocenters. The summed E-state index contributed by atoms with van der Waals surface area (Å²) in [6.07, 6.45) is 28.0. The molecule has 6 heteroatoms. The van der Waals surface area contributed by atoms with Gasteiger partial charge in [-0.1, -0.05) is 55.9 Å². The minimum Gasteiger partial charge on any atom is -0.457 e. The summed E-state index contributed by atoms with van der Waals surface area (Å²) in [6.45, 7) is 8.29. The molecule has 4 heterocycles. The number of piperidine rings is 1. The fraction of sp³-hybridized carbons (Fsp3) is 0.722. The summed E-state index contributed by atoms with van der Waals surface area (Å²) in [7, 11) is 0. The Morgan fingerprint density at radius 1 is 0.905 bits per heavy atom. The number of cyclic esters (lactones) is 1. The third-order valence-corrected chi connectivity index (χ3v) is 9.31. The molecule has 0 aromatic carbocycles. The summed E-state index contributed by atoms with van der Waals surface area (Å²) in [6, 6.07) is 0. The van der Waals surface area contributed by atoms with Crippen LogP contribution in [0.3, 0.4) is 0 Å². The second-order valence-electron chi connectivity index (χ2n) is 13.0. The first-order valence-electron chi connectivity index (χ1n) is 16.8. The SMILES string of the molecule is CC=C1CC2CC(=O)OC(C=CC=CCCCC(=O)N3CCCCC3)C(C)C=CC(C)CC3CCCC(CC(C1)O2)O3. The highest BCUT2D eigenvalue weighted by Gasteiger charge is 2.32. The first-order valence-corrected chi connectivity index (χ1v) is 16.8. The van der Waals surface area contributed by atoms with E-state index in [-0.39, 0.29) is 48.6 Å². The lowest BCUT2D eigenvalue weighted by atomic mass is 9.90. The molecule has 0 radical (unpaired) electrons. The molecule has 6 nitrogen and oxygen atoms in total. The Morgan fingerprint density at radius 3 is 2.43 bits per heavy atom. The molecular weight excluding hydrogens is 526 g/mol. The van der Waals surface area contributed by atoms with Gasteiger partial charge in [0.25, 0.3) is 0 Å². The van der Waals surface area contributed by atoms with Gasteiger partial charge < -0.3 is 19.1 Å². The number of nitrogens with zero attached hydrogens (tertiary/aromatic N) is 1. The van der Waals surface area contributed by atoms with Gasteiger partial charge in [-0.3, -0.25) is 9.59 Å². The standard InChI is InChI=1S/C36H55NO5/c1-4-29-23-32-25-31-15-13-14-30(40-31)22-27(2)18-19-28(3)34(42-36(39)26-33(24-29)41-32)16-9-6-5-7-10-17-35(38)37-20-11-8-12-21-37/h4-6,9,16,18-19,27-28,30-34H,7-8,10-15,17,20-26H2,1-3H3. The van der Waals surface area contributed by atoms with Gasteiger partial charge in [-0.05, 0) is 89.5 Å². The van der Waals surface area contributed by atoms with Crippen molar-refractivity contribution < 1.29 is 23.8 Å². The molecule has 0 aromatic heterocycles. The van der Waals surface area contributed by atoms with E-state index in [1.54, 1.807) is 0 Å². The van der Waals surface area contributed by atoms with E-state index in [1.165, 1.54) is 18.4 Å². The van der Waals surface area contributed by atoms with Gasteiger partial charge in [0.05, 0.1) is 30.8 Å². The van der Waals surface area contributed by atoms with Crippen LogP contribution in [0.4, 0.5) is 0 Å². The number of ether oxygens (including phenoxy) is 3. The molecule has 0 aromatic rings. The highest BCUT2D eigenvalue weighted by molar-refractivity contribution is 5.76. The molecule has 234 valence electrons. The molecule has 4 aliphatic heterocycles. The molecule has 4 aliphatic rings. The maximum Gasteiger partial charge on any atom is 0.309 e. The van der Waals surface area contributed by atoms with Crippen molar-refractivity contribution in [1.29, 1.82) is 0 Å². The van der Waals surface area contributed by atoms with Gasteiger partial charge in [-0.15, -0.1) is 0 Å². The number of amides is 1. The number of likely N-dealkylation sites (tertiary alicyclic amines) is 1. The van der Waals surface area contributed by atoms with E-state index < -0.39 is 0 Å². The van der Waals surface area contributed by atoms with Crippen LogP contribution in [-0.4, -0.2) is 60.4 Å². The van der Waals surface area contributed by atoms with Crippen molar-refractivity contribution >= 4 is 11.9 Å². The maximum atomic E-state index is 13.2. The Balaban J connectivity index is 1.37. The van der Waals surface area contributed by atoms with Crippen molar-refractivity contribution in [2.24, 2.45) is 11.8 Å². The Bertz CT molecular complexity index is 977. The third-order valence-electron chi connectivity index (χ3n) is 9.31. The summed E-state index contributed by atoms with van der Waals surface area (Å²) >= 11 is 0. The number of esters is 1. The zero-order chi connectivity index (χ0) is 29.7. The van der Waals surface area contributed by atoms with Crippen molar-refractivity contribution in [2.75, 3.05) is 13.1 Å². The summed E-state index contributed by atoms with van der Waals surface area (Å²) in [5, 5.41) is 0. The molecule has 0 aliphatic carbocycles. The molecule has 0 N–H and O–H groups in total. The van der Waals surface area contributed by atoms with Crippen LogP contribution in [0, 0.1) is 11.8 Å². The highest BCUT2D eigenvalue weighted by atomic mass is 16.5. The van der Waals surface area contributed by atoms with Crippen LogP contribution in [0.5, 0.6) is 0 Å². The Morgan fingerprint density at radius 2 is 1.64 bits per heavy atom. The topological polar surface area (TPSA) is 65.1 Å². The Labute approximate surface area is 254 Å². The van der Waals surface area contributed by atoms with Gasteiger partial charge in [-0.25, -0.2) is 0 Å². The van der Waals surface area contributed by atoms with Gasteiger partial charge in [0.1, 0.15) is 6.10 Å². The molecule has 42 heavy (non-hydrogen) atoms. The summed E-state index contributed by atoms with van der Waals surface area (Å²) in [5.41, 5.74) is 1.36. The van der Waals surface area contributed by atoms with E-state index in [4.69, 9.17) is 14.2 Å². The van der Waals surface area contributed by atoms with Gasteiger partial charge in [-0.2, -0.15) is 0 Å².